The zero-order valence-corrected chi connectivity index (χ0v) is 21.4. The van der Waals surface area contributed by atoms with Crippen LogP contribution >= 0.6 is 0 Å². The van der Waals surface area contributed by atoms with E-state index in [1.807, 2.05) is 28.2 Å². The lowest BCUT2D eigenvalue weighted by Crippen LogP contribution is -2.45. The molecule has 2 atom stereocenters. The van der Waals surface area contributed by atoms with Crippen LogP contribution in [0.3, 0.4) is 0 Å². The Morgan fingerprint density at radius 1 is 1.05 bits per heavy atom. The molecule has 1 aromatic heterocycles. The van der Waals surface area contributed by atoms with E-state index in [0.29, 0.717) is 11.3 Å². The quantitative estimate of drug-likeness (QED) is 0.340. The fourth-order valence-corrected chi connectivity index (χ4v) is 4.71. The number of rotatable bonds is 8. The van der Waals surface area contributed by atoms with Crippen molar-refractivity contribution in [2.45, 2.75) is 31.8 Å². The maximum Gasteiger partial charge on any atom is 0.471 e. The van der Waals surface area contributed by atoms with Crippen molar-refractivity contribution >= 4 is 16.8 Å². The van der Waals surface area contributed by atoms with Crippen LogP contribution < -0.4 is 10.1 Å². The van der Waals surface area contributed by atoms with Crippen LogP contribution in [0.1, 0.15) is 24.2 Å². The number of amides is 1. The highest BCUT2D eigenvalue weighted by Crippen LogP contribution is 2.29. The number of nitrogens with one attached hydrogen (secondary N) is 1. The first-order valence-electron chi connectivity index (χ1n) is 12.7. The Labute approximate surface area is 224 Å². The largest absolute Gasteiger partial charge is 0.484 e. The fraction of sp³-hybridized carbons (Fsp3) is 0.310. The van der Waals surface area contributed by atoms with E-state index >= 15 is 0 Å². The number of carbonyl (C=O) groups is 1. The third-order valence-electron chi connectivity index (χ3n) is 6.67. The van der Waals surface area contributed by atoms with Crippen molar-refractivity contribution in [2.24, 2.45) is 0 Å². The third kappa shape index (κ3) is 6.40. The second-order valence-corrected chi connectivity index (χ2v) is 9.54. The summed E-state index contributed by atoms with van der Waals surface area (Å²) in [5.41, 5.74) is 3.61. The minimum atomic E-state index is -4.98. The molecular weight excluding hydrogens is 509 g/mol. The number of ether oxygens (including phenoxy) is 2. The number of fused-ring (bicyclic) bond motifs is 1. The lowest BCUT2D eigenvalue weighted by Gasteiger charge is -2.27. The summed E-state index contributed by atoms with van der Waals surface area (Å²) in [6.45, 7) is 5.61. The van der Waals surface area contributed by atoms with Gasteiger partial charge in [-0.2, -0.15) is 18.3 Å². The summed E-state index contributed by atoms with van der Waals surface area (Å²) in [4.78, 5) is 14.0. The first-order chi connectivity index (χ1) is 18.8. The number of morpholine rings is 1. The van der Waals surface area contributed by atoms with Crippen molar-refractivity contribution in [3.05, 3.63) is 90.1 Å². The minimum absolute atomic E-state index is 0.449. The van der Waals surface area contributed by atoms with E-state index in [0.717, 1.165) is 49.4 Å². The van der Waals surface area contributed by atoms with Gasteiger partial charge in [0.25, 0.3) is 0 Å². The van der Waals surface area contributed by atoms with Crippen molar-refractivity contribution in [3.8, 4) is 11.4 Å². The molecule has 0 saturated carbocycles. The van der Waals surface area contributed by atoms with Gasteiger partial charge >= 0.3 is 12.1 Å². The number of halogens is 3. The molecule has 4 aromatic rings. The van der Waals surface area contributed by atoms with Crippen LogP contribution in [0, 0.1) is 0 Å². The molecule has 0 radical (unpaired) electrons. The van der Waals surface area contributed by atoms with Crippen molar-refractivity contribution in [2.75, 3.05) is 26.3 Å². The molecule has 39 heavy (non-hydrogen) atoms. The number of alkyl halides is 3. The summed E-state index contributed by atoms with van der Waals surface area (Å²) >= 11 is 0. The van der Waals surface area contributed by atoms with Gasteiger partial charge in [0.2, 0.25) is 0 Å². The lowest BCUT2D eigenvalue weighted by molar-refractivity contribution is -0.174. The van der Waals surface area contributed by atoms with Gasteiger partial charge < -0.3 is 14.8 Å². The summed E-state index contributed by atoms with van der Waals surface area (Å²) in [6, 6.07) is 21.5. The molecule has 0 bridgehead atoms. The molecule has 10 heteroatoms. The van der Waals surface area contributed by atoms with Crippen LogP contribution in [0.15, 0.2) is 79.0 Å². The fourth-order valence-electron chi connectivity index (χ4n) is 4.71. The highest BCUT2D eigenvalue weighted by atomic mass is 19.4. The molecule has 1 aliphatic rings. The minimum Gasteiger partial charge on any atom is -0.484 e. The maximum atomic E-state index is 12.9. The average Bonchev–Trinajstić information content (AvgIpc) is 3.36. The van der Waals surface area contributed by atoms with E-state index in [2.05, 4.69) is 22.1 Å². The Balaban J connectivity index is 1.37. The van der Waals surface area contributed by atoms with Crippen LogP contribution in [-0.2, 0) is 16.1 Å². The summed E-state index contributed by atoms with van der Waals surface area (Å²) in [7, 11) is 0. The molecule has 2 unspecified atom stereocenters. The number of carbonyl (C=O) groups excluding carboxylic acids is 1. The zero-order valence-electron chi connectivity index (χ0n) is 21.4. The Hall–Kier alpha value is -3.89. The van der Waals surface area contributed by atoms with Gasteiger partial charge in [-0.25, -0.2) is 4.68 Å². The molecule has 1 N–H and O–H groups in total. The predicted octanol–water partition coefficient (Wildman–Crippen LogP) is 5.04. The molecule has 0 spiro atoms. The van der Waals surface area contributed by atoms with Gasteiger partial charge in [-0.15, -0.1) is 0 Å². The van der Waals surface area contributed by atoms with Gasteiger partial charge in [0.05, 0.1) is 36.7 Å². The number of hydrogen-bond acceptors (Lipinski definition) is 5. The van der Waals surface area contributed by atoms with E-state index in [4.69, 9.17) is 9.47 Å². The topological polar surface area (TPSA) is 68.6 Å². The molecule has 3 aromatic carbocycles. The smallest absolute Gasteiger partial charge is 0.471 e. The van der Waals surface area contributed by atoms with Crippen molar-refractivity contribution in [3.63, 3.8) is 0 Å². The molecule has 7 nitrogen and oxygen atoms in total. The lowest BCUT2D eigenvalue weighted by atomic mass is 10.0. The molecule has 1 fully saturated rings. The Morgan fingerprint density at radius 2 is 1.82 bits per heavy atom. The van der Waals surface area contributed by atoms with Crippen LogP contribution in [0.5, 0.6) is 5.75 Å². The molecular formula is C29H29F3N4O3. The molecule has 204 valence electrons. The van der Waals surface area contributed by atoms with Gasteiger partial charge in [0, 0.05) is 25.0 Å². The molecule has 0 aliphatic carbocycles. The predicted molar refractivity (Wildman–Crippen MR) is 141 cm³/mol. The third-order valence-corrected chi connectivity index (χ3v) is 6.67. The van der Waals surface area contributed by atoms with E-state index in [-0.39, 0.29) is 0 Å². The zero-order chi connectivity index (χ0) is 27.4. The number of aromatic nitrogens is 2. The second-order valence-electron chi connectivity index (χ2n) is 9.54. The van der Waals surface area contributed by atoms with Crippen LogP contribution in [-0.4, -0.2) is 59.1 Å². The van der Waals surface area contributed by atoms with Gasteiger partial charge in [0.15, 0.2) is 0 Å². The Morgan fingerprint density at radius 3 is 2.56 bits per heavy atom. The van der Waals surface area contributed by atoms with Gasteiger partial charge in [-0.1, -0.05) is 42.5 Å². The van der Waals surface area contributed by atoms with Crippen molar-refractivity contribution in [1.29, 1.82) is 0 Å². The number of benzene rings is 3. The first kappa shape index (κ1) is 26.7. The van der Waals surface area contributed by atoms with Crippen LogP contribution in [0.2, 0.25) is 0 Å². The molecule has 1 saturated heterocycles. The van der Waals surface area contributed by atoms with E-state index in [9.17, 15) is 18.0 Å². The molecule has 1 aliphatic heterocycles. The van der Waals surface area contributed by atoms with Crippen LogP contribution in [0.25, 0.3) is 16.6 Å². The van der Waals surface area contributed by atoms with Crippen molar-refractivity contribution in [1.82, 2.24) is 20.0 Å². The van der Waals surface area contributed by atoms with Crippen LogP contribution in [0.4, 0.5) is 13.2 Å². The summed E-state index contributed by atoms with van der Waals surface area (Å²) in [5.74, 6) is -1.56. The maximum absolute atomic E-state index is 12.9. The summed E-state index contributed by atoms with van der Waals surface area (Å²) < 4.78 is 52.1. The summed E-state index contributed by atoms with van der Waals surface area (Å²) in [5, 5.41) is 7.41. The van der Waals surface area contributed by atoms with Gasteiger partial charge in [-0.05, 0) is 48.4 Å². The highest BCUT2D eigenvalue weighted by molar-refractivity contribution is 5.82. The molecule has 2 heterocycles. The standard InChI is InChI=1S/C29H29F3N4O3/c1-20(34-28(37)29(30,31)32)27(22-7-3-2-4-8-22)39-25-10-11-26-23(17-25)18-33-36(26)24-9-5-6-21(16-24)19-35-12-14-38-15-13-35/h2-11,16-18,20,27H,12-15,19H2,1H3,(H,34,37). The highest BCUT2D eigenvalue weighted by Gasteiger charge is 2.40. The van der Waals surface area contributed by atoms with E-state index in [1.165, 1.54) is 12.5 Å². The molecule has 5 rings (SSSR count). The van der Waals surface area contributed by atoms with Gasteiger partial charge in [-0.3, -0.25) is 9.69 Å². The number of hydrogen-bond donors (Lipinski definition) is 1. The van der Waals surface area contributed by atoms with Crippen molar-refractivity contribution < 1.29 is 27.4 Å². The molecule has 1 amide bonds. The monoisotopic (exact) mass is 538 g/mol. The SMILES string of the molecule is CC(NC(=O)C(F)(F)F)C(Oc1ccc2c(cnn2-c2cccc(CN3CCOCC3)c2)c1)c1ccccc1. The van der Waals surface area contributed by atoms with E-state index in [1.54, 1.807) is 48.7 Å². The average molecular weight is 539 g/mol. The normalized spacial score (nSPS) is 16.1. The second kappa shape index (κ2) is 11.5. The van der Waals surface area contributed by atoms with Gasteiger partial charge in [0.1, 0.15) is 11.9 Å². The number of nitrogens with zero attached hydrogens (tertiary/aromatic N) is 3. The van der Waals surface area contributed by atoms with E-state index < -0.39 is 24.2 Å². The first-order valence-corrected chi connectivity index (χ1v) is 12.7. The Bertz CT molecular complexity index is 1420. The Kier molecular flexibility index (Phi) is 7.85. The summed E-state index contributed by atoms with van der Waals surface area (Å²) in [6.07, 6.45) is -4.10.